The summed E-state index contributed by atoms with van der Waals surface area (Å²) in [6.45, 7) is 12.9. The van der Waals surface area contributed by atoms with Gasteiger partial charge in [0.05, 0.1) is 6.54 Å². The van der Waals surface area contributed by atoms with Crippen LogP contribution in [0.2, 0.25) is 0 Å². The number of carbonyl (C=O) groups excluding carboxylic acids is 1. The summed E-state index contributed by atoms with van der Waals surface area (Å²) in [6.07, 6.45) is 2.25. The first kappa shape index (κ1) is 16.5. The maximum Gasteiger partial charge on any atom is 0.234 e. The van der Waals surface area contributed by atoms with Gasteiger partial charge in [0.15, 0.2) is 0 Å². The van der Waals surface area contributed by atoms with Crippen molar-refractivity contribution in [3.63, 3.8) is 0 Å². The summed E-state index contributed by atoms with van der Waals surface area (Å²) in [6, 6.07) is 4.04. The summed E-state index contributed by atoms with van der Waals surface area (Å²) in [5, 5.41) is 10.6. The highest BCUT2D eigenvalue weighted by molar-refractivity contribution is 5.50. The fraction of sp³-hybridized carbons (Fsp3) is 0.588. The Bertz CT molecular complexity index is 492. The lowest BCUT2D eigenvalue weighted by Gasteiger charge is -2.28. The van der Waals surface area contributed by atoms with Crippen LogP contribution in [0.15, 0.2) is 17.1 Å². The van der Waals surface area contributed by atoms with E-state index in [1.165, 1.54) is 0 Å². The molecule has 0 aromatic heterocycles. The third-order valence-corrected chi connectivity index (χ3v) is 3.36. The van der Waals surface area contributed by atoms with Crippen LogP contribution in [-0.4, -0.2) is 17.7 Å². The third-order valence-electron chi connectivity index (χ3n) is 3.36. The number of phenols is 1. The van der Waals surface area contributed by atoms with Crippen LogP contribution in [-0.2, 0) is 22.0 Å². The molecule has 3 nitrogen and oxygen atoms in total. The van der Waals surface area contributed by atoms with Gasteiger partial charge in [0.1, 0.15) is 5.75 Å². The fourth-order valence-electron chi connectivity index (χ4n) is 2.21. The molecule has 20 heavy (non-hydrogen) atoms. The zero-order valence-electron chi connectivity index (χ0n) is 13.4. The SMILES string of the molecule is CC(C)(C)c1cc(CCN=C=O)cc(C(C)(C)C)c1O. The van der Waals surface area contributed by atoms with Gasteiger partial charge in [-0.05, 0) is 33.9 Å². The Morgan fingerprint density at radius 1 is 1.05 bits per heavy atom. The number of phenolic OH excluding ortho intramolecular Hbond substituents is 1. The van der Waals surface area contributed by atoms with Gasteiger partial charge in [-0.1, -0.05) is 53.7 Å². The summed E-state index contributed by atoms with van der Waals surface area (Å²) >= 11 is 0. The van der Waals surface area contributed by atoms with Crippen molar-refractivity contribution in [1.29, 1.82) is 0 Å². The van der Waals surface area contributed by atoms with E-state index in [0.717, 1.165) is 16.7 Å². The zero-order valence-corrected chi connectivity index (χ0v) is 13.4. The molecular weight excluding hydrogens is 250 g/mol. The third kappa shape index (κ3) is 3.94. The average molecular weight is 275 g/mol. The molecule has 1 N–H and O–H groups in total. The number of nitrogens with zero attached hydrogens (tertiary/aromatic N) is 1. The molecule has 0 unspecified atom stereocenters. The van der Waals surface area contributed by atoms with Crippen molar-refractivity contribution in [1.82, 2.24) is 0 Å². The highest BCUT2D eigenvalue weighted by atomic mass is 16.3. The summed E-state index contributed by atoms with van der Waals surface area (Å²) in [4.78, 5) is 13.8. The van der Waals surface area contributed by atoms with Crippen LogP contribution >= 0.6 is 0 Å². The van der Waals surface area contributed by atoms with Gasteiger partial charge in [-0.2, -0.15) is 0 Å². The number of hydrogen-bond donors (Lipinski definition) is 1. The number of benzene rings is 1. The lowest BCUT2D eigenvalue weighted by Crippen LogP contribution is -2.18. The minimum atomic E-state index is -0.131. The molecule has 0 saturated heterocycles. The van der Waals surface area contributed by atoms with E-state index in [-0.39, 0.29) is 10.8 Å². The quantitative estimate of drug-likeness (QED) is 0.672. The number of aromatic hydroxyl groups is 1. The molecule has 0 spiro atoms. The van der Waals surface area contributed by atoms with Gasteiger partial charge in [-0.25, -0.2) is 9.79 Å². The molecule has 0 atom stereocenters. The molecule has 0 heterocycles. The van der Waals surface area contributed by atoms with E-state index in [2.05, 4.69) is 46.5 Å². The Hall–Kier alpha value is -1.60. The van der Waals surface area contributed by atoms with Crippen molar-refractivity contribution in [2.24, 2.45) is 4.99 Å². The molecule has 110 valence electrons. The highest BCUT2D eigenvalue weighted by Gasteiger charge is 2.26. The van der Waals surface area contributed by atoms with Crippen molar-refractivity contribution in [2.75, 3.05) is 6.54 Å². The van der Waals surface area contributed by atoms with Gasteiger partial charge >= 0.3 is 0 Å². The van der Waals surface area contributed by atoms with Crippen LogP contribution in [0.3, 0.4) is 0 Å². The van der Waals surface area contributed by atoms with Crippen molar-refractivity contribution in [3.05, 3.63) is 28.8 Å². The molecule has 1 rings (SSSR count). The van der Waals surface area contributed by atoms with Gasteiger partial charge in [0, 0.05) is 0 Å². The normalized spacial score (nSPS) is 12.1. The van der Waals surface area contributed by atoms with E-state index in [0.29, 0.717) is 18.7 Å². The maximum absolute atomic E-state index is 10.6. The van der Waals surface area contributed by atoms with Gasteiger partial charge < -0.3 is 5.11 Å². The van der Waals surface area contributed by atoms with Crippen LogP contribution in [0.5, 0.6) is 5.75 Å². The Morgan fingerprint density at radius 3 is 1.85 bits per heavy atom. The van der Waals surface area contributed by atoms with E-state index in [4.69, 9.17) is 0 Å². The van der Waals surface area contributed by atoms with Crippen LogP contribution < -0.4 is 0 Å². The Morgan fingerprint density at radius 2 is 1.50 bits per heavy atom. The highest BCUT2D eigenvalue weighted by Crippen LogP contribution is 2.39. The second kappa shape index (κ2) is 5.80. The van der Waals surface area contributed by atoms with E-state index < -0.39 is 0 Å². The van der Waals surface area contributed by atoms with Gasteiger partial charge in [0.2, 0.25) is 6.08 Å². The van der Waals surface area contributed by atoms with Gasteiger partial charge in [-0.3, -0.25) is 0 Å². The Balaban J connectivity index is 3.38. The lowest BCUT2D eigenvalue weighted by atomic mass is 9.78. The zero-order chi connectivity index (χ0) is 15.6. The number of aliphatic imine (C=N–C) groups is 1. The number of hydrogen-bond acceptors (Lipinski definition) is 3. The van der Waals surface area contributed by atoms with Crippen LogP contribution in [0.25, 0.3) is 0 Å². The predicted molar refractivity (Wildman–Crippen MR) is 82.2 cm³/mol. The van der Waals surface area contributed by atoms with E-state index >= 15 is 0 Å². The van der Waals surface area contributed by atoms with Gasteiger partial charge in [-0.15, -0.1) is 0 Å². The van der Waals surface area contributed by atoms with E-state index in [9.17, 15) is 9.90 Å². The van der Waals surface area contributed by atoms with Crippen molar-refractivity contribution in [2.45, 2.75) is 58.8 Å². The molecule has 1 aromatic carbocycles. The van der Waals surface area contributed by atoms with Gasteiger partial charge in [0.25, 0.3) is 0 Å². The standard InChI is InChI=1S/C17H25NO2/c1-16(2,3)13-9-12(7-8-18-11-19)10-14(15(13)20)17(4,5)6/h9-10,20H,7-8H2,1-6H3. The monoisotopic (exact) mass is 275 g/mol. The van der Waals surface area contributed by atoms with Crippen molar-refractivity contribution < 1.29 is 9.90 Å². The summed E-state index contributed by atoms with van der Waals surface area (Å²) in [5.74, 6) is 0.382. The molecular formula is C17H25NO2. The number of rotatable bonds is 3. The first-order valence-electron chi connectivity index (χ1n) is 6.98. The maximum atomic E-state index is 10.6. The molecule has 0 aliphatic carbocycles. The minimum absolute atomic E-state index is 0.131. The van der Waals surface area contributed by atoms with Crippen LogP contribution in [0, 0.1) is 0 Å². The second-order valence-corrected chi connectivity index (χ2v) is 7.26. The Kier molecular flexibility index (Phi) is 4.77. The molecule has 0 radical (unpaired) electrons. The predicted octanol–water partition coefficient (Wildman–Crippen LogP) is 3.87. The Labute approximate surface area is 121 Å². The summed E-state index contributed by atoms with van der Waals surface area (Å²) in [7, 11) is 0. The first-order valence-corrected chi connectivity index (χ1v) is 6.98. The van der Waals surface area contributed by atoms with E-state index in [1.54, 1.807) is 6.08 Å². The minimum Gasteiger partial charge on any atom is -0.507 e. The molecule has 0 saturated carbocycles. The summed E-state index contributed by atoms with van der Waals surface area (Å²) < 4.78 is 0. The summed E-state index contributed by atoms with van der Waals surface area (Å²) in [5.41, 5.74) is 2.71. The number of isocyanates is 1. The topological polar surface area (TPSA) is 49.7 Å². The fourth-order valence-corrected chi connectivity index (χ4v) is 2.21. The van der Waals surface area contributed by atoms with E-state index in [1.807, 2.05) is 12.1 Å². The average Bonchev–Trinajstić information content (AvgIpc) is 2.28. The smallest absolute Gasteiger partial charge is 0.234 e. The molecule has 0 fully saturated rings. The largest absolute Gasteiger partial charge is 0.507 e. The van der Waals surface area contributed by atoms with Crippen molar-refractivity contribution in [3.8, 4) is 5.75 Å². The molecule has 0 aliphatic heterocycles. The molecule has 0 amide bonds. The molecule has 1 aromatic rings. The molecule has 0 bridgehead atoms. The second-order valence-electron chi connectivity index (χ2n) is 7.26. The van der Waals surface area contributed by atoms with Crippen LogP contribution in [0.4, 0.5) is 0 Å². The lowest BCUT2D eigenvalue weighted by molar-refractivity contribution is 0.422. The first-order chi connectivity index (χ1) is 9.07. The van der Waals surface area contributed by atoms with Crippen LogP contribution in [0.1, 0.15) is 58.2 Å². The molecule has 3 heteroatoms. The molecule has 0 aliphatic rings. The van der Waals surface area contributed by atoms with Crippen molar-refractivity contribution >= 4 is 6.08 Å².